The molecule has 1 aliphatic heterocycles. The molecule has 0 amide bonds. The molecule has 24 heavy (non-hydrogen) atoms. The molecule has 2 atom stereocenters. The fraction of sp³-hybridized carbons (Fsp3) is 0.500. The van der Waals surface area contributed by atoms with E-state index in [-0.39, 0.29) is 11.9 Å². The van der Waals surface area contributed by atoms with E-state index in [0.29, 0.717) is 6.04 Å². The monoisotopic (exact) mass is 347 g/mol. The zero-order chi connectivity index (χ0) is 16.7. The van der Waals surface area contributed by atoms with E-state index in [1.54, 1.807) is 30.8 Å². The van der Waals surface area contributed by atoms with Gasteiger partial charge in [-0.2, -0.15) is 0 Å². The molecule has 2 aliphatic rings. The number of fused-ring (bicyclic) bond motifs is 1. The highest BCUT2D eigenvalue weighted by atomic mass is 32.2. The molecule has 0 bridgehead atoms. The summed E-state index contributed by atoms with van der Waals surface area (Å²) in [6.45, 7) is 1.77. The van der Waals surface area contributed by atoms with Gasteiger partial charge >= 0.3 is 0 Å². The molecule has 4 rings (SSSR count). The molecule has 1 aromatic carbocycles. The fourth-order valence-electron chi connectivity index (χ4n) is 3.51. The second kappa shape index (κ2) is 6.41. The van der Waals surface area contributed by atoms with Gasteiger partial charge in [-0.25, -0.2) is 4.39 Å². The van der Waals surface area contributed by atoms with Gasteiger partial charge < -0.3 is 15.4 Å². The molecular formula is C18H22FN3OS. The number of hydrogen-bond acceptors (Lipinski definition) is 4. The van der Waals surface area contributed by atoms with E-state index in [2.05, 4.69) is 15.3 Å². The lowest BCUT2D eigenvalue weighted by atomic mass is 10.2. The Bertz CT molecular complexity index is 780. The molecule has 0 spiro atoms. The average molecular weight is 347 g/mol. The number of nitrogens with zero attached hydrogens (tertiary/aromatic N) is 1. The van der Waals surface area contributed by atoms with E-state index in [1.165, 1.54) is 12.8 Å². The van der Waals surface area contributed by atoms with Crippen molar-refractivity contribution in [3.05, 3.63) is 29.7 Å². The van der Waals surface area contributed by atoms with Crippen LogP contribution in [0, 0.1) is 5.82 Å². The van der Waals surface area contributed by atoms with Gasteiger partial charge in [-0.15, -0.1) is 11.8 Å². The Morgan fingerprint density at radius 2 is 2.12 bits per heavy atom. The Labute approximate surface area is 144 Å². The molecule has 128 valence electrons. The third-order valence-corrected chi connectivity index (χ3v) is 5.98. The fourth-order valence-corrected chi connectivity index (χ4v) is 4.67. The summed E-state index contributed by atoms with van der Waals surface area (Å²) in [5.74, 6) is 0.556. The predicted octanol–water partition coefficient (Wildman–Crippen LogP) is 3.90. The number of hydrogen-bond donors (Lipinski definition) is 3. The number of anilines is 1. The minimum Gasteiger partial charge on any atom is -0.391 e. The first kappa shape index (κ1) is 16.0. The van der Waals surface area contributed by atoms with Crippen LogP contribution in [0.4, 0.5) is 10.1 Å². The summed E-state index contributed by atoms with van der Waals surface area (Å²) in [6, 6.07) is 5.45. The summed E-state index contributed by atoms with van der Waals surface area (Å²) in [5.41, 5.74) is 2.67. The normalized spacial score (nSPS) is 23.0. The van der Waals surface area contributed by atoms with Crippen LogP contribution in [0.5, 0.6) is 0 Å². The summed E-state index contributed by atoms with van der Waals surface area (Å²) in [7, 11) is 0. The van der Waals surface area contributed by atoms with Crippen LogP contribution in [-0.4, -0.2) is 39.1 Å². The van der Waals surface area contributed by atoms with Crippen LogP contribution in [0.15, 0.2) is 23.2 Å². The van der Waals surface area contributed by atoms with Gasteiger partial charge in [-0.3, -0.25) is 4.99 Å². The van der Waals surface area contributed by atoms with Crippen LogP contribution >= 0.6 is 11.8 Å². The molecule has 0 radical (unpaired) electrons. The SMILES string of the molecule is CC(O)[C@@H]1CSC(c2cc3cc(F)cc(NC4CCCC4)c3[nH]2)=N1. The van der Waals surface area contributed by atoms with Crippen LogP contribution in [0.3, 0.4) is 0 Å². The van der Waals surface area contributed by atoms with E-state index in [9.17, 15) is 9.50 Å². The maximum atomic E-state index is 14.0. The van der Waals surface area contributed by atoms with Gasteiger partial charge in [0.05, 0.1) is 29.0 Å². The van der Waals surface area contributed by atoms with Crippen LogP contribution in [-0.2, 0) is 0 Å². The maximum absolute atomic E-state index is 14.0. The van der Waals surface area contributed by atoms with E-state index >= 15 is 0 Å². The second-order valence-corrected chi connectivity index (χ2v) is 7.79. The smallest absolute Gasteiger partial charge is 0.126 e. The number of aromatic nitrogens is 1. The highest BCUT2D eigenvalue weighted by Gasteiger charge is 2.25. The van der Waals surface area contributed by atoms with Crippen molar-refractivity contribution >= 4 is 33.4 Å². The minimum absolute atomic E-state index is 0.0655. The first-order chi connectivity index (χ1) is 11.6. The highest BCUT2D eigenvalue weighted by Crippen LogP contribution is 2.32. The molecule has 1 unspecified atom stereocenters. The quantitative estimate of drug-likeness (QED) is 0.786. The third kappa shape index (κ3) is 3.05. The molecule has 0 saturated heterocycles. The molecule has 2 aromatic rings. The number of rotatable bonds is 4. The Morgan fingerprint density at radius 1 is 1.33 bits per heavy atom. The summed E-state index contributed by atoms with van der Waals surface area (Å²) >= 11 is 1.63. The van der Waals surface area contributed by atoms with Gasteiger partial charge in [-0.1, -0.05) is 12.8 Å². The zero-order valence-corrected chi connectivity index (χ0v) is 14.5. The molecular weight excluding hydrogens is 325 g/mol. The predicted molar refractivity (Wildman–Crippen MR) is 98.6 cm³/mol. The second-order valence-electron chi connectivity index (χ2n) is 6.78. The van der Waals surface area contributed by atoms with E-state index in [4.69, 9.17) is 0 Å². The summed E-state index contributed by atoms with van der Waals surface area (Å²) < 4.78 is 14.0. The minimum atomic E-state index is -0.448. The molecule has 6 heteroatoms. The van der Waals surface area contributed by atoms with E-state index in [1.807, 2.05) is 6.07 Å². The molecule has 1 fully saturated rings. The average Bonchev–Trinajstić information content (AvgIpc) is 3.26. The van der Waals surface area contributed by atoms with Gasteiger partial charge in [0.15, 0.2) is 0 Å². The van der Waals surface area contributed by atoms with Gasteiger partial charge in [-0.05, 0) is 38.0 Å². The summed E-state index contributed by atoms with van der Waals surface area (Å²) in [5, 5.41) is 15.0. The molecule has 4 nitrogen and oxygen atoms in total. The van der Waals surface area contributed by atoms with Crippen molar-refractivity contribution < 1.29 is 9.50 Å². The molecule has 2 heterocycles. The van der Waals surface area contributed by atoms with E-state index in [0.717, 1.165) is 45.9 Å². The van der Waals surface area contributed by atoms with E-state index < -0.39 is 6.10 Å². The van der Waals surface area contributed by atoms with Crippen LogP contribution in [0.25, 0.3) is 10.9 Å². The molecule has 1 aliphatic carbocycles. The largest absolute Gasteiger partial charge is 0.391 e. The molecule has 1 aromatic heterocycles. The first-order valence-electron chi connectivity index (χ1n) is 8.58. The highest BCUT2D eigenvalue weighted by molar-refractivity contribution is 8.14. The number of benzene rings is 1. The van der Waals surface area contributed by atoms with Crippen molar-refractivity contribution in [2.75, 3.05) is 11.1 Å². The first-order valence-corrected chi connectivity index (χ1v) is 9.56. The van der Waals surface area contributed by atoms with Crippen molar-refractivity contribution in [1.29, 1.82) is 0 Å². The number of aliphatic imine (C=N–C) groups is 1. The molecule has 3 N–H and O–H groups in total. The van der Waals surface area contributed by atoms with Crippen LogP contribution < -0.4 is 5.32 Å². The van der Waals surface area contributed by atoms with Crippen molar-refractivity contribution in [1.82, 2.24) is 4.98 Å². The zero-order valence-electron chi connectivity index (χ0n) is 13.7. The Kier molecular flexibility index (Phi) is 4.26. The Morgan fingerprint density at radius 3 is 2.83 bits per heavy atom. The number of H-pyrrole nitrogens is 1. The Hall–Kier alpha value is -1.53. The van der Waals surface area contributed by atoms with Gasteiger partial charge in [0.1, 0.15) is 10.9 Å². The number of aromatic amines is 1. The number of nitrogens with one attached hydrogen (secondary N) is 2. The van der Waals surface area contributed by atoms with Gasteiger partial charge in [0.25, 0.3) is 0 Å². The maximum Gasteiger partial charge on any atom is 0.126 e. The molecule has 1 saturated carbocycles. The summed E-state index contributed by atoms with van der Waals surface area (Å²) in [6.07, 6.45) is 4.31. The number of thioether (sulfide) groups is 1. The standard InChI is InChI=1S/C18H22FN3OS/c1-10(23)16-9-24-18(22-16)15-7-11-6-12(19)8-14(17(11)21-15)20-13-4-2-3-5-13/h6-8,10,13,16,20-21,23H,2-5,9H2,1H3/t10?,16-/m0/s1. The lowest BCUT2D eigenvalue weighted by Crippen LogP contribution is -2.20. The Balaban J connectivity index is 1.68. The van der Waals surface area contributed by atoms with Gasteiger partial charge in [0.2, 0.25) is 0 Å². The number of aliphatic hydroxyl groups is 1. The van der Waals surface area contributed by atoms with Crippen molar-refractivity contribution in [3.8, 4) is 0 Å². The number of aliphatic hydroxyl groups excluding tert-OH is 1. The number of halogens is 1. The van der Waals surface area contributed by atoms with Gasteiger partial charge in [0, 0.05) is 17.2 Å². The van der Waals surface area contributed by atoms with Crippen molar-refractivity contribution in [2.24, 2.45) is 4.99 Å². The third-order valence-electron chi connectivity index (χ3n) is 4.87. The van der Waals surface area contributed by atoms with Crippen LogP contribution in [0.2, 0.25) is 0 Å². The van der Waals surface area contributed by atoms with Crippen LogP contribution in [0.1, 0.15) is 38.3 Å². The van der Waals surface area contributed by atoms with Crippen molar-refractivity contribution in [2.45, 2.75) is 50.8 Å². The lowest BCUT2D eigenvalue weighted by Gasteiger charge is -2.14. The summed E-state index contributed by atoms with van der Waals surface area (Å²) in [4.78, 5) is 8.00. The topological polar surface area (TPSA) is 60.4 Å². The van der Waals surface area contributed by atoms with Crippen molar-refractivity contribution in [3.63, 3.8) is 0 Å². The lowest BCUT2D eigenvalue weighted by molar-refractivity contribution is 0.174.